The quantitative estimate of drug-likeness (QED) is 0.618. The summed E-state index contributed by atoms with van der Waals surface area (Å²) in [5.41, 5.74) is 0.687. The largest absolute Gasteiger partial charge is 0.447 e. The summed E-state index contributed by atoms with van der Waals surface area (Å²) in [7, 11) is 0. The van der Waals surface area contributed by atoms with Gasteiger partial charge in [0.05, 0.1) is 11.1 Å². The van der Waals surface area contributed by atoms with Crippen LogP contribution in [-0.4, -0.2) is 38.9 Å². The Hall–Kier alpha value is -3.20. The molecule has 1 N–H and O–H groups in total. The first-order valence-electron chi connectivity index (χ1n) is 9.58. The molecule has 1 aliphatic heterocycles. The third kappa shape index (κ3) is 3.93. The van der Waals surface area contributed by atoms with E-state index in [0.717, 1.165) is 0 Å². The number of cyclic esters (lactones) is 1. The normalized spacial score (nSPS) is 17.3. The Kier molecular flexibility index (Phi) is 5.54. The molecule has 2 aromatic heterocycles. The number of hydrogen-bond donors (Lipinski definition) is 1. The monoisotopic (exact) mass is 428 g/mol. The molecule has 0 bridgehead atoms. The summed E-state index contributed by atoms with van der Waals surface area (Å²) in [6.07, 6.45) is 1.18. The lowest BCUT2D eigenvalue weighted by atomic mass is 10.0. The van der Waals surface area contributed by atoms with E-state index in [1.165, 1.54) is 0 Å². The molecule has 4 rings (SSSR count). The molecular formula is C20H21ClN6O3. The summed E-state index contributed by atoms with van der Waals surface area (Å²) in [5, 5.41) is 7.68. The second-order valence-electron chi connectivity index (χ2n) is 7.30. The molecule has 0 saturated carbocycles. The van der Waals surface area contributed by atoms with E-state index in [0.29, 0.717) is 40.7 Å². The molecule has 3 heterocycles. The van der Waals surface area contributed by atoms with Gasteiger partial charge in [0.25, 0.3) is 0 Å². The van der Waals surface area contributed by atoms with Gasteiger partial charge in [0.1, 0.15) is 18.5 Å². The molecule has 0 spiro atoms. The topological polar surface area (TPSA) is 106 Å². The van der Waals surface area contributed by atoms with Crippen molar-refractivity contribution in [2.75, 3.05) is 16.8 Å². The van der Waals surface area contributed by atoms with Crippen LogP contribution in [0.1, 0.15) is 32.7 Å². The van der Waals surface area contributed by atoms with Crippen molar-refractivity contribution in [1.82, 2.24) is 20.1 Å². The first-order chi connectivity index (χ1) is 14.4. The maximum absolute atomic E-state index is 12.2. The van der Waals surface area contributed by atoms with E-state index in [1.54, 1.807) is 23.2 Å². The standard InChI is InChI=1S/C20H21ClN6O3/c1-11(2)15-10-29-20(28)27(15)16-8-9-22-19(24-16)23-12(3)18-25-17(26-30-18)13-6-4-5-7-14(13)21/h4-9,11-12,15H,10H2,1-3H3,(H,22,23,24)/t12-,15-/m1/s1. The highest BCUT2D eigenvalue weighted by atomic mass is 35.5. The smallest absolute Gasteiger partial charge is 0.415 e. The van der Waals surface area contributed by atoms with Crippen LogP contribution >= 0.6 is 11.6 Å². The fraction of sp³-hybridized carbons (Fsp3) is 0.350. The highest BCUT2D eigenvalue weighted by Crippen LogP contribution is 2.28. The second kappa shape index (κ2) is 8.27. The van der Waals surface area contributed by atoms with Gasteiger partial charge in [-0.3, -0.25) is 4.90 Å². The number of nitrogens with one attached hydrogen (secondary N) is 1. The Morgan fingerprint density at radius 1 is 1.20 bits per heavy atom. The van der Waals surface area contributed by atoms with Gasteiger partial charge in [0, 0.05) is 11.8 Å². The summed E-state index contributed by atoms with van der Waals surface area (Å²) in [6, 6.07) is 8.51. The van der Waals surface area contributed by atoms with Crippen molar-refractivity contribution in [2.24, 2.45) is 5.92 Å². The molecule has 9 nitrogen and oxygen atoms in total. The molecule has 1 saturated heterocycles. The van der Waals surface area contributed by atoms with Gasteiger partial charge in [-0.05, 0) is 31.0 Å². The molecule has 3 aromatic rings. The molecule has 30 heavy (non-hydrogen) atoms. The van der Waals surface area contributed by atoms with Gasteiger partial charge in [-0.2, -0.15) is 9.97 Å². The maximum atomic E-state index is 12.2. The van der Waals surface area contributed by atoms with Crippen molar-refractivity contribution < 1.29 is 14.1 Å². The molecule has 0 aliphatic carbocycles. The Balaban J connectivity index is 1.52. The molecule has 1 fully saturated rings. The highest BCUT2D eigenvalue weighted by molar-refractivity contribution is 6.33. The van der Waals surface area contributed by atoms with Gasteiger partial charge in [-0.1, -0.05) is 42.7 Å². The summed E-state index contributed by atoms with van der Waals surface area (Å²) >= 11 is 6.20. The lowest BCUT2D eigenvalue weighted by Crippen LogP contribution is -2.37. The van der Waals surface area contributed by atoms with Gasteiger partial charge in [-0.15, -0.1) is 0 Å². The van der Waals surface area contributed by atoms with Crippen LogP contribution in [-0.2, 0) is 4.74 Å². The van der Waals surface area contributed by atoms with Crippen LogP contribution in [0.4, 0.5) is 16.6 Å². The van der Waals surface area contributed by atoms with Gasteiger partial charge in [-0.25, -0.2) is 9.78 Å². The van der Waals surface area contributed by atoms with E-state index in [4.69, 9.17) is 20.9 Å². The number of hydrogen-bond acceptors (Lipinski definition) is 8. The van der Waals surface area contributed by atoms with E-state index >= 15 is 0 Å². The SMILES string of the molecule is CC(C)[C@H]1COC(=O)N1c1ccnc(N[C@H](C)c2nc(-c3ccccc3Cl)no2)n1. The Morgan fingerprint density at radius 2 is 2.00 bits per heavy atom. The molecule has 1 amide bonds. The van der Waals surface area contributed by atoms with E-state index in [1.807, 2.05) is 39.0 Å². The van der Waals surface area contributed by atoms with Crippen LogP contribution in [0.15, 0.2) is 41.1 Å². The average Bonchev–Trinajstić information content (AvgIpc) is 3.36. The van der Waals surface area contributed by atoms with Crippen molar-refractivity contribution in [3.8, 4) is 11.4 Å². The molecule has 0 radical (unpaired) electrons. The number of rotatable bonds is 6. The third-order valence-electron chi connectivity index (χ3n) is 4.84. The van der Waals surface area contributed by atoms with Gasteiger partial charge < -0.3 is 14.6 Å². The van der Waals surface area contributed by atoms with Crippen LogP contribution in [0, 0.1) is 5.92 Å². The van der Waals surface area contributed by atoms with Gasteiger partial charge in [0.2, 0.25) is 17.7 Å². The number of nitrogens with zero attached hydrogens (tertiary/aromatic N) is 5. The minimum atomic E-state index is -0.410. The van der Waals surface area contributed by atoms with E-state index in [2.05, 4.69) is 25.4 Å². The van der Waals surface area contributed by atoms with Crippen molar-refractivity contribution in [3.05, 3.63) is 47.4 Å². The fourth-order valence-electron chi connectivity index (χ4n) is 3.16. The summed E-state index contributed by atoms with van der Waals surface area (Å²) < 4.78 is 10.6. The van der Waals surface area contributed by atoms with Crippen molar-refractivity contribution in [2.45, 2.75) is 32.9 Å². The number of amides is 1. The van der Waals surface area contributed by atoms with Crippen LogP contribution in [0.25, 0.3) is 11.4 Å². The predicted molar refractivity (Wildman–Crippen MR) is 111 cm³/mol. The predicted octanol–water partition coefficient (Wildman–Crippen LogP) is 4.33. The Morgan fingerprint density at radius 3 is 2.77 bits per heavy atom. The van der Waals surface area contributed by atoms with Crippen LogP contribution in [0.2, 0.25) is 5.02 Å². The minimum absolute atomic E-state index is 0.0770. The molecule has 2 atom stereocenters. The van der Waals surface area contributed by atoms with E-state index in [-0.39, 0.29) is 18.0 Å². The Bertz CT molecular complexity index is 1060. The zero-order valence-electron chi connectivity index (χ0n) is 16.7. The molecular weight excluding hydrogens is 408 g/mol. The summed E-state index contributed by atoms with van der Waals surface area (Å²) in [5.74, 6) is 1.80. The van der Waals surface area contributed by atoms with Crippen molar-refractivity contribution in [1.29, 1.82) is 0 Å². The number of halogens is 1. The number of carbonyl (C=O) groups is 1. The average molecular weight is 429 g/mol. The lowest BCUT2D eigenvalue weighted by Gasteiger charge is -2.23. The molecule has 1 aliphatic rings. The minimum Gasteiger partial charge on any atom is -0.447 e. The summed E-state index contributed by atoms with van der Waals surface area (Å²) in [6.45, 7) is 6.26. The number of carbonyl (C=O) groups excluding carboxylic acids is 1. The summed E-state index contributed by atoms with van der Waals surface area (Å²) in [4.78, 5) is 26.9. The number of benzene rings is 1. The van der Waals surface area contributed by atoms with E-state index < -0.39 is 6.09 Å². The van der Waals surface area contributed by atoms with Crippen LogP contribution < -0.4 is 10.2 Å². The first kappa shape index (κ1) is 20.1. The number of ether oxygens (including phenoxy) is 1. The van der Waals surface area contributed by atoms with Gasteiger partial charge in [0.15, 0.2) is 0 Å². The van der Waals surface area contributed by atoms with Gasteiger partial charge >= 0.3 is 6.09 Å². The van der Waals surface area contributed by atoms with Crippen LogP contribution in [0.5, 0.6) is 0 Å². The molecule has 1 aromatic carbocycles. The zero-order valence-corrected chi connectivity index (χ0v) is 17.5. The van der Waals surface area contributed by atoms with Crippen molar-refractivity contribution >= 4 is 29.5 Å². The zero-order chi connectivity index (χ0) is 21.3. The third-order valence-corrected chi connectivity index (χ3v) is 5.17. The molecule has 0 unspecified atom stereocenters. The Labute approximate surface area is 178 Å². The second-order valence-corrected chi connectivity index (χ2v) is 7.71. The molecule has 10 heteroatoms. The van der Waals surface area contributed by atoms with Crippen molar-refractivity contribution in [3.63, 3.8) is 0 Å². The molecule has 156 valence electrons. The number of anilines is 2. The lowest BCUT2D eigenvalue weighted by molar-refractivity contribution is 0.177. The highest BCUT2D eigenvalue weighted by Gasteiger charge is 2.37. The van der Waals surface area contributed by atoms with E-state index in [9.17, 15) is 4.79 Å². The maximum Gasteiger partial charge on any atom is 0.415 e. The number of aromatic nitrogens is 4. The van der Waals surface area contributed by atoms with Crippen LogP contribution in [0.3, 0.4) is 0 Å². The first-order valence-corrected chi connectivity index (χ1v) is 9.96. The fourth-order valence-corrected chi connectivity index (χ4v) is 3.38.